The first-order valence-corrected chi connectivity index (χ1v) is 17.8. The van der Waals surface area contributed by atoms with Gasteiger partial charge < -0.3 is 14.6 Å². The number of fused-ring (bicyclic) bond motifs is 7. The molecular formula is C49H38O3. The third-order valence-corrected chi connectivity index (χ3v) is 11.0. The van der Waals surface area contributed by atoms with Crippen molar-refractivity contribution in [2.45, 2.75) is 24.9 Å². The molecule has 1 atom stereocenters. The maximum atomic E-state index is 11.4. The highest BCUT2D eigenvalue weighted by atomic mass is 16.5. The van der Waals surface area contributed by atoms with Gasteiger partial charge in [-0.3, -0.25) is 0 Å². The first kappa shape index (κ1) is 31.8. The van der Waals surface area contributed by atoms with Crippen molar-refractivity contribution in [2.75, 3.05) is 7.11 Å². The number of aryl methyl sites for hydroxylation is 1. The van der Waals surface area contributed by atoms with Crippen LogP contribution in [0.25, 0.3) is 32.7 Å². The minimum absolute atomic E-state index is 0.542. The summed E-state index contributed by atoms with van der Waals surface area (Å²) in [5.41, 5.74) is 8.68. The lowest BCUT2D eigenvalue weighted by Crippen LogP contribution is -2.28. The minimum Gasteiger partial charge on any atom is -0.497 e. The van der Waals surface area contributed by atoms with E-state index in [0.29, 0.717) is 5.75 Å². The van der Waals surface area contributed by atoms with E-state index in [1.807, 2.05) is 48.5 Å². The molecule has 1 aliphatic rings. The third-order valence-electron chi connectivity index (χ3n) is 11.0. The van der Waals surface area contributed by atoms with Crippen LogP contribution in [0.3, 0.4) is 0 Å². The highest BCUT2D eigenvalue weighted by Crippen LogP contribution is 2.59. The molecule has 52 heavy (non-hydrogen) atoms. The number of methoxy groups -OCH3 is 1. The molecule has 0 amide bonds. The molecule has 8 aromatic carbocycles. The van der Waals surface area contributed by atoms with Gasteiger partial charge in [0.2, 0.25) is 0 Å². The molecule has 0 aliphatic heterocycles. The van der Waals surface area contributed by atoms with Crippen molar-refractivity contribution in [3.05, 3.63) is 209 Å². The average Bonchev–Trinajstić information content (AvgIpc) is 3.50. The quantitative estimate of drug-likeness (QED) is 0.183. The van der Waals surface area contributed by atoms with Crippen LogP contribution < -0.4 is 9.47 Å². The molecule has 9 rings (SSSR count). The van der Waals surface area contributed by atoms with Crippen molar-refractivity contribution in [3.8, 4) is 28.4 Å². The number of benzene rings is 8. The topological polar surface area (TPSA) is 38.7 Å². The number of ether oxygens (including phenoxy) is 2. The second-order valence-corrected chi connectivity index (χ2v) is 14.0. The van der Waals surface area contributed by atoms with Gasteiger partial charge in [0.1, 0.15) is 22.8 Å². The van der Waals surface area contributed by atoms with E-state index in [4.69, 9.17) is 9.47 Å². The molecule has 1 aliphatic carbocycles. The van der Waals surface area contributed by atoms with Gasteiger partial charge in [-0.05, 0) is 116 Å². The van der Waals surface area contributed by atoms with Crippen LogP contribution in [0.1, 0.15) is 45.9 Å². The molecule has 0 bridgehead atoms. The Morgan fingerprint density at radius 2 is 0.904 bits per heavy atom. The molecule has 0 saturated carbocycles. The summed E-state index contributed by atoms with van der Waals surface area (Å²) < 4.78 is 11.7. The van der Waals surface area contributed by atoms with Crippen LogP contribution in [0, 0.1) is 6.92 Å². The lowest BCUT2D eigenvalue weighted by molar-refractivity contribution is 0.102. The lowest BCUT2D eigenvalue weighted by Gasteiger charge is -2.34. The Balaban J connectivity index is 1.15. The molecule has 3 nitrogen and oxygen atoms in total. The van der Waals surface area contributed by atoms with Gasteiger partial charge in [-0.25, -0.2) is 0 Å². The first-order valence-electron chi connectivity index (χ1n) is 17.8. The van der Waals surface area contributed by atoms with Crippen molar-refractivity contribution in [3.63, 3.8) is 0 Å². The van der Waals surface area contributed by atoms with Crippen LogP contribution in [0.4, 0.5) is 0 Å². The maximum Gasteiger partial charge on any atom is 0.127 e. The molecule has 0 aromatic heterocycles. The highest BCUT2D eigenvalue weighted by Gasteiger charge is 2.47. The van der Waals surface area contributed by atoms with Crippen molar-refractivity contribution < 1.29 is 14.6 Å². The van der Waals surface area contributed by atoms with Gasteiger partial charge in [-0.15, -0.1) is 0 Å². The highest BCUT2D eigenvalue weighted by molar-refractivity contribution is 6.12. The molecule has 0 radical (unpaired) electrons. The summed E-state index contributed by atoms with van der Waals surface area (Å²) in [6.45, 7) is 3.95. The second-order valence-electron chi connectivity index (χ2n) is 14.0. The van der Waals surface area contributed by atoms with E-state index in [-0.39, 0.29) is 0 Å². The molecule has 0 saturated heterocycles. The van der Waals surface area contributed by atoms with Crippen molar-refractivity contribution >= 4 is 21.5 Å². The fraction of sp³-hybridized carbons (Fsp3) is 0.102. The Hall–Kier alpha value is -6.16. The van der Waals surface area contributed by atoms with Gasteiger partial charge in [-0.2, -0.15) is 0 Å². The Kier molecular flexibility index (Phi) is 7.50. The van der Waals surface area contributed by atoms with Crippen molar-refractivity contribution in [1.29, 1.82) is 0 Å². The van der Waals surface area contributed by atoms with Crippen molar-refractivity contribution in [2.24, 2.45) is 0 Å². The van der Waals surface area contributed by atoms with E-state index >= 15 is 0 Å². The molecule has 1 unspecified atom stereocenters. The molecule has 0 spiro atoms. The second kappa shape index (κ2) is 12.3. The summed E-state index contributed by atoms with van der Waals surface area (Å²) in [5.74, 6) is 2.19. The van der Waals surface area contributed by atoms with Crippen LogP contribution in [-0.4, -0.2) is 12.2 Å². The molecule has 8 aromatic rings. The molecule has 0 fully saturated rings. The normalized spacial score (nSPS) is 14.1. The average molecular weight is 675 g/mol. The van der Waals surface area contributed by atoms with Crippen LogP contribution in [0.15, 0.2) is 170 Å². The molecule has 1 N–H and O–H groups in total. The predicted octanol–water partition coefficient (Wildman–Crippen LogP) is 11.7. The van der Waals surface area contributed by atoms with E-state index in [0.717, 1.165) is 22.6 Å². The van der Waals surface area contributed by atoms with Crippen LogP contribution in [-0.2, 0) is 11.0 Å². The summed E-state index contributed by atoms with van der Waals surface area (Å²) in [4.78, 5) is 0. The fourth-order valence-corrected chi connectivity index (χ4v) is 8.28. The van der Waals surface area contributed by atoms with E-state index in [9.17, 15) is 5.11 Å². The fourth-order valence-electron chi connectivity index (χ4n) is 8.28. The van der Waals surface area contributed by atoms with Crippen LogP contribution in [0.5, 0.6) is 17.2 Å². The molecule has 3 heteroatoms. The lowest BCUT2D eigenvalue weighted by atomic mass is 9.67. The largest absolute Gasteiger partial charge is 0.497 e. The number of hydrogen-bond donors (Lipinski definition) is 1. The van der Waals surface area contributed by atoms with Crippen molar-refractivity contribution in [1.82, 2.24) is 0 Å². The zero-order valence-corrected chi connectivity index (χ0v) is 29.4. The number of hydrogen-bond acceptors (Lipinski definition) is 3. The van der Waals surface area contributed by atoms with Gasteiger partial charge >= 0.3 is 0 Å². The minimum atomic E-state index is -1.17. The SMILES string of the molecule is COc1ccc(C(C)(O)c2ccc(Oc3ccc(C4(c5ccc(C)cc5)c5ccc6ccccc6c5-c5c4ccc4ccccc54)cc3)cc2)cc1. The Bertz CT molecular complexity index is 2500. The summed E-state index contributed by atoms with van der Waals surface area (Å²) in [6, 6.07) is 59.6. The number of aliphatic hydroxyl groups is 1. The smallest absolute Gasteiger partial charge is 0.127 e. The predicted molar refractivity (Wildman–Crippen MR) is 212 cm³/mol. The molecule has 0 heterocycles. The molecular weight excluding hydrogens is 637 g/mol. The standard InChI is InChI=1S/C49H38O3/c1-32-12-16-37(17-13-32)49(44-30-14-33-8-4-6-10-42(33)46(44)47-43-11-7-5-9-34(43)15-31-45(47)49)38-22-28-41(29-23-38)52-40-26-20-36(21-27-40)48(2,50)35-18-24-39(51-3)25-19-35/h4-31,50H,1-3H3. The summed E-state index contributed by atoms with van der Waals surface area (Å²) in [7, 11) is 1.64. The van der Waals surface area contributed by atoms with Gasteiger partial charge in [0.05, 0.1) is 12.5 Å². The third kappa shape index (κ3) is 4.92. The molecule has 252 valence electrons. The monoisotopic (exact) mass is 674 g/mol. The van der Waals surface area contributed by atoms with Gasteiger partial charge in [0.25, 0.3) is 0 Å². The van der Waals surface area contributed by atoms with E-state index in [2.05, 4.69) is 128 Å². The first-order chi connectivity index (χ1) is 25.4. The summed E-state index contributed by atoms with van der Waals surface area (Å²) in [5, 5.41) is 16.4. The van der Waals surface area contributed by atoms with Gasteiger partial charge in [0.15, 0.2) is 0 Å². The van der Waals surface area contributed by atoms with Crippen LogP contribution >= 0.6 is 0 Å². The summed E-state index contributed by atoms with van der Waals surface area (Å²) in [6.07, 6.45) is 0. The Morgan fingerprint density at radius 1 is 0.481 bits per heavy atom. The summed E-state index contributed by atoms with van der Waals surface area (Å²) >= 11 is 0. The van der Waals surface area contributed by atoms with E-state index < -0.39 is 11.0 Å². The zero-order valence-electron chi connectivity index (χ0n) is 29.4. The zero-order chi connectivity index (χ0) is 35.5. The van der Waals surface area contributed by atoms with Gasteiger partial charge in [0, 0.05) is 0 Å². The Labute approximate surface area is 304 Å². The van der Waals surface area contributed by atoms with E-state index in [1.165, 1.54) is 60.5 Å². The van der Waals surface area contributed by atoms with E-state index in [1.54, 1.807) is 14.0 Å². The van der Waals surface area contributed by atoms with Gasteiger partial charge in [-0.1, -0.05) is 139 Å². The number of rotatable bonds is 7. The maximum absolute atomic E-state index is 11.4. The van der Waals surface area contributed by atoms with Crippen LogP contribution in [0.2, 0.25) is 0 Å². The Morgan fingerprint density at radius 3 is 1.38 bits per heavy atom.